The highest BCUT2D eigenvalue weighted by atomic mass is 16.3. The van der Waals surface area contributed by atoms with Crippen LogP contribution < -0.4 is 0 Å². The van der Waals surface area contributed by atoms with Gasteiger partial charge in [0.2, 0.25) is 0 Å². The molecule has 0 saturated heterocycles. The SMILES string of the molecule is O=C1CCCc2cc(-c3ccccc3)c(O)cc21. The zero-order valence-corrected chi connectivity index (χ0v) is 10.0. The summed E-state index contributed by atoms with van der Waals surface area (Å²) in [6, 6.07) is 13.3. The Kier molecular flexibility index (Phi) is 2.63. The second-order valence-corrected chi connectivity index (χ2v) is 4.67. The number of fused-ring (bicyclic) bond motifs is 1. The van der Waals surface area contributed by atoms with Crippen LogP contribution in [0.1, 0.15) is 28.8 Å². The predicted octanol–water partition coefficient (Wildman–Crippen LogP) is 3.58. The second-order valence-electron chi connectivity index (χ2n) is 4.67. The quantitative estimate of drug-likeness (QED) is 0.824. The molecule has 2 aromatic rings. The van der Waals surface area contributed by atoms with Crippen LogP contribution in [-0.4, -0.2) is 10.9 Å². The average Bonchev–Trinajstić information content (AvgIpc) is 2.40. The Morgan fingerprint density at radius 1 is 0.944 bits per heavy atom. The number of phenols is 1. The molecular formula is C16H14O2. The van der Waals surface area contributed by atoms with Gasteiger partial charge in [-0.3, -0.25) is 4.79 Å². The molecule has 0 heterocycles. The summed E-state index contributed by atoms with van der Waals surface area (Å²) in [4.78, 5) is 11.8. The molecule has 2 heteroatoms. The van der Waals surface area contributed by atoms with Crippen LogP contribution in [0, 0.1) is 0 Å². The fourth-order valence-corrected chi connectivity index (χ4v) is 2.52. The minimum Gasteiger partial charge on any atom is -0.507 e. The number of hydrogen-bond acceptors (Lipinski definition) is 2. The third kappa shape index (κ3) is 1.80. The smallest absolute Gasteiger partial charge is 0.163 e. The molecule has 0 bridgehead atoms. The van der Waals surface area contributed by atoms with E-state index in [1.54, 1.807) is 6.07 Å². The number of carbonyl (C=O) groups is 1. The molecule has 0 saturated carbocycles. The van der Waals surface area contributed by atoms with Gasteiger partial charge in [0, 0.05) is 17.5 Å². The zero-order valence-electron chi connectivity index (χ0n) is 10.0. The summed E-state index contributed by atoms with van der Waals surface area (Å²) in [7, 11) is 0. The fraction of sp³-hybridized carbons (Fsp3) is 0.188. The van der Waals surface area contributed by atoms with E-state index in [1.165, 1.54) is 0 Å². The third-order valence-electron chi connectivity index (χ3n) is 3.46. The number of aryl methyl sites for hydroxylation is 1. The lowest BCUT2D eigenvalue weighted by atomic mass is 9.87. The summed E-state index contributed by atoms with van der Waals surface area (Å²) in [5.41, 5.74) is 3.54. The van der Waals surface area contributed by atoms with E-state index in [9.17, 15) is 9.90 Å². The Morgan fingerprint density at radius 2 is 1.72 bits per heavy atom. The van der Waals surface area contributed by atoms with Crippen molar-refractivity contribution in [3.8, 4) is 16.9 Å². The Hall–Kier alpha value is -2.09. The number of aromatic hydroxyl groups is 1. The second kappa shape index (κ2) is 4.30. The van der Waals surface area contributed by atoms with Crippen molar-refractivity contribution in [2.75, 3.05) is 0 Å². The van der Waals surface area contributed by atoms with Crippen molar-refractivity contribution in [1.29, 1.82) is 0 Å². The maximum atomic E-state index is 11.8. The van der Waals surface area contributed by atoms with Crippen LogP contribution in [-0.2, 0) is 6.42 Å². The van der Waals surface area contributed by atoms with Gasteiger partial charge in [0.1, 0.15) is 5.75 Å². The van der Waals surface area contributed by atoms with Crippen LogP contribution in [0.4, 0.5) is 0 Å². The molecule has 1 N–H and O–H groups in total. The number of benzene rings is 2. The summed E-state index contributed by atoms with van der Waals surface area (Å²) in [6.45, 7) is 0. The molecule has 0 spiro atoms. The third-order valence-corrected chi connectivity index (χ3v) is 3.46. The van der Waals surface area contributed by atoms with E-state index in [-0.39, 0.29) is 11.5 Å². The van der Waals surface area contributed by atoms with Gasteiger partial charge in [0.15, 0.2) is 5.78 Å². The molecule has 2 nitrogen and oxygen atoms in total. The van der Waals surface area contributed by atoms with E-state index in [1.807, 2.05) is 36.4 Å². The predicted molar refractivity (Wildman–Crippen MR) is 70.8 cm³/mol. The van der Waals surface area contributed by atoms with E-state index in [0.29, 0.717) is 12.0 Å². The Bertz CT molecular complexity index is 600. The molecule has 0 aromatic heterocycles. The van der Waals surface area contributed by atoms with Gasteiger partial charge < -0.3 is 5.11 Å². The minimum absolute atomic E-state index is 0.145. The van der Waals surface area contributed by atoms with Crippen LogP contribution in [0.15, 0.2) is 42.5 Å². The summed E-state index contributed by atoms with van der Waals surface area (Å²) in [5.74, 6) is 0.335. The van der Waals surface area contributed by atoms with Crippen molar-refractivity contribution >= 4 is 5.78 Å². The molecule has 0 fully saturated rings. The normalized spacial score (nSPS) is 14.3. The molecule has 18 heavy (non-hydrogen) atoms. The van der Waals surface area contributed by atoms with Gasteiger partial charge in [-0.1, -0.05) is 30.3 Å². The number of phenolic OH excluding ortho intramolecular Hbond substituents is 1. The first kappa shape index (κ1) is 11.0. The van der Waals surface area contributed by atoms with Gasteiger partial charge in [0.05, 0.1) is 0 Å². The fourth-order valence-electron chi connectivity index (χ4n) is 2.52. The van der Waals surface area contributed by atoms with Crippen molar-refractivity contribution < 1.29 is 9.90 Å². The van der Waals surface area contributed by atoms with E-state index in [2.05, 4.69) is 0 Å². The standard InChI is InChI=1S/C16H14O2/c17-15-8-4-7-12-9-13(16(18)10-14(12)15)11-5-2-1-3-6-11/h1-3,5-6,9-10,18H,4,7-8H2. The highest BCUT2D eigenvalue weighted by molar-refractivity contribution is 5.99. The Labute approximate surface area is 106 Å². The first-order chi connectivity index (χ1) is 8.75. The lowest BCUT2D eigenvalue weighted by molar-refractivity contribution is 0.0972. The van der Waals surface area contributed by atoms with Gasteiger partial charge in [0.25, 0.3) is 0 Å². The van der Waals surface area contributed by atoms with E-state index in [0.717, 1.165) is 29.5 Å². The van der Waals surface area contributed by atoms with Gasteiger partial charge in [-0.05, 0) is 36.1 Å². The lowest BCUT2D eigenvalue weighted by Crippen LogP contribution is -2.10. The number of rotatable bonds is 1. The van der Waals surface area contributed by atoms with Crippen LogP contribution in [0.2, 0.25) is 0 Å². The molecule has 1 aliphatic carbocycles. The molecule has 0 aliphatic heterocycles. The summed E-state index contributed by atoms with van der Waals surface area (Å²) >= 11 is 0. The van der Waals surface area contributed by atoms with Crippen LogP contribution in [0.5, 0.6) is 5.75 Å². The number of ketones is 1. The van der Waals surface area contributed by atoms with Crippen LogP contribution in [0.3, 0.4) is 0 Å². The van der Waals surface area contributed by atoms with Gasteiger partial charge in [-0.15, -0.1) is 0 Å². The number of Topliss-reactive ketones (excluding diaryl/α,β-unsaturated/α-hetero) is 1. The average molecular weight is 238 g/mol. The van der Waals surface area contributed by atoms with Crippen molar-refractivity contribution in [2.45, 2.75) is 19.3 Å². The van der Waals surface area contributed by atoms with Crippen molar-refractivity contribution in [1.82, 2.24) is 0 Å². The van der Waals surface area contributed by atoms with Crippen LogP contribution >= 0.6 is 0 Å². The number of hydrogen-bond donors (Lipinski definition) is 1. The zero-order chi connectivity index (χ0) is 12.5. The topological polar surface area (TPSA) is 37.3 Å². The molecule has 1 aliphatic rings. The summed E-state index contributed by atoms with van der Waals surface area (Å²) in [6.07, 6.45) is 2.42. The van der Waals surface area contributed by atoms with Crippen molar-refractivity contribution in [3.05, 3.63) is 53.6 Å². The Morgan fingerprint density at radius 3 is 2.50 bits per heavy atom. The molecule has 3 rings (SSSR count). The lowest BCUT2D eigenvalue weighted by Gasteiger charge is -2.17. The maximum absolute atomic E-state index is 11.8. The van der Waals surface area contributed by atoms with E-state index >= 15 is 0 Å². The van der Waals surface area contributed by atoms with Gasteiger partial charge in [-0.2, -0.15) is 0 Å². The molecule has 0 radical (unpaired) electrons. The molecular weight excluding hydrogens is 224 g/mol. The minimum atomic E-state index is 0.145. The molecule has 0 atom stereocenters. The van der Waals surface area contributed by atoms with Crippen LogP contribution in [0.25, 0.3) is 11.1 Å². The van der Waals surface area contributed by atoms with Gasteiger partial charge >= 0.3 is 0 Å². The summed E-state index contributed by atoms with van der Waals surface area (Å²) in [5, 5.41) is 10.1. The molecule has 90 valence electrons. The maximum Gasteiger partial charge on any atom is 0.163 e. The highest BCUT2D eigenvalue weighted by Crippen LogP contribution is 2.34. The first-order valence-electron chi connectivity index (χ1n) is 6.20. The molecule has 0 amide bonds. The first-order valence-corrected chi connectivity index (χ1v) is 6.20. The summed E-state index contributed by atoms with van der Waals surface area (Å²) < 4.78 is 0. The Balaban J connectivity index is 2.15. The number of carbonyl (C=O) groups excluding carboxylic acids is 1. The van der Waals surface area contributed by atoms with Crippen molar-refractivity contribution in [3.63, 3.8) is 0 Å². The van der Waals surface area contributed by atoms with E-state index < -0.39 is 0 Å². The highest BCUT2D eigenvalue weighted by Gasteiger charge is 2.19. The largest absolute Gasteiger partial charge is 0.507 e. The van der Waals surface area contributed by atoms with Crippen molar-refractivity contribution in [2.24, 2.45) is 0 Å². The molecule has 2 aromatic carbocycles. The molecule has 0 unspecified atom stereocenters. The monoisotopic (exact) mass is 238 g/mol. The van der Waals surface area contributed by atoms with Gasteiger partial charge in [-0.25, -0.2) is 0 Å². The van der Waals surface area contributed by atoms with E-state index in [4.69, 9.17) is 0 Å².